The summed E-state index contributed by atoms with van der Waals surface area (Å²) in [5.41, 5.74) is -0.0128. The topological polar surface area (TPSA) is 87.2 Å². The zero-order valence-electron chi connectivity index (χ0n) is 13.1. The third-order valence-electron chi connectivity index (χ3n) is 3.62. The molecule has 1 saturated heterocycles. The van der Waals surface area contributed by atoms with Crippen molar-refractivity contribution in [2.45, 2.75) is 40.2 Å². The van der Waals surface area contributed by atoms with Crippen molar-refractivity contribution in [2.24, 2.45) is 0 Å². The molecule has 21 heavy (non-hydrogen) atoms. The van der Waals surface area contributed by atoms with Crippen LogP contribution in [0.15, 0.2) is 0 Å². The monoisotopic (exact) mass is 291 g/mol. The van der Waals surface area contributed by atoms with Crippen LogP contribution < -0.4 is 15.5 Å². The van der Waals surface area contributed by atoms with E-state index in [1.807, 2.05) is 13.8 Å². The van der Waals surface area contributed by atoms with Gasteiger partial charge in [-0.2, -0.15) is 0 Å². The van der Waals surface area contributed by atoms with Gasteiger partial charge >= 0.3 is 0 Å². The van der Waals surface area contributed by atoms with Crippen LogP contribution in [-0.4, -0.2) is 40.4 Å². The lowest BCUT2D eigenvalue weighted by Gasteiger charge is -2.41. The highest BCUT2D eigenvalue weighted by Gasteiger charge is 2.42. The molecule has 114 valence electrons. The first kappa shape index (κ1) is 15.2. The highest BCUT2D eigenvalue weighted by Crippen LogP contribution is 2.30. The molecule has 0 unspecified atom stereocenters. The standard InChI is InChI=1S/C14H21N5O2/c1-6-15-11-8(2)12(17-9(3)16-11)19-7-10(20)18-13(21)14(19,4)5/h6-7H2,1-5H3,(H,15,16,17)(H,18,20,21). The summed E-state index contributed by atoms with van der Waals surface area (Å²) in [5.74, 6) is 1.31. The fourth-order valence-corrected chi connectivity index (χ4v) is 2.34. The van der Waals surface area contributed by atoms with Crippen LogP contribution in [0.3, 0.4) is 0 Å². The second kappa shape index (κ2) is 5.31. The largest absolute Gasteiger partial charge is 0.370 e. The molecule has 0 radical (unpaired) electrons. The summed E-state index contributed by atoms with van der Waals surface area (Å²) in [5, 5.41) is 5.55. The molecule has 0 aromatic carbocycles. The highest BCUT2D eigenvalue weighted by molar-refractivity contribution is 6.06. The lowest BCUT2D eigenvalue weighted by molar-refractivity contribution is -0.135. The second-order valence-corrected chi connectivity index (χ2v) is 5.62. The van der Waals surface area contributed by atoms with Gasteiger partial charge in [-0.25, -0.2) is 9.97 Å². The van der Waals surface area contributed by atoms with Crippen LogP contribution in [0.4, 0.5) is 11.6 Å². The van der Waals surface area contributed by atoms with Gasteiger partial charge in [0, 0.05) is 12.1 Å². The molecule has 0 saturated carbocycles. The lowest BCUT2D eigenvalue weighted by atomic mass is 9.98. The number of imide groups is 1. The van der Waals surface area contributed by atoms with E-state index in [0.717, 1.165) is 17.9 Å². The van der Waals surface area contributed by atoms with Crippen molar-refractivity contribution in [3.05, 3.63) is 11.4 Å². The highest BCUT2D eigenvalue weighted by atomic mass is 16.2. The molecule has 1 aliphatic rings. The summed E-state index contributed by atoms with van der Waals surface area (Å²) in [7, 11) is 0. The summed E-state index contributed by atoms with van der Waals surface area (Å²) < 4.78 is 0. The summed E-state index contributed by atoms with van der Waals surface area (Å²) in [6, 6.07) is 0. The van der Waals surface area contributed by atoms with Gasteiger partial charge in [0.15, 0.2) is 0 Å². The first-order valence-electron chi connectivity index (χ1n) is 6.98. The van der Waals surface area contributed by atoms with Gasteiger partial charge in [-0.1, -0.05) is 0 Å². The SMILES string of the molecule is CCNc1nc(C)nc(N2CC(=O)NC(=O)C2(C)C)c1C. The Balaban J connectivity index is 2.53. The van der Waals surface area contributed by atoms with Crippen LogP contribution in [0.5, 0.6) is 0 Å². The number of amides is 2. The summed E-state index contributed by atoms with van der Waals surface area (Å²) >= 11 is 0. The van der Waals surface area contributed by atoms with Crippen LogP contribution in [0.25, 0.3) is 0 Å². The molecule has 2 amide bonds. The molecule has 1 aromatic heterocycles. The van der Waals surface area contributed by atoms with Crippen molar-refractivity contribution in [3.63, 3.8) is 0 Å². The Labute approximate surface area is 124 Å². The number of aromatic nitrogens is 2. The third-order valence-corrected chi connectivity index (χ3v) is 3.62. The predicted molar refractivity (Wildman–Crippen MR) is 80.2 cm³/mol. The molecule has 0 aliphatic carbocycles. The van der Waals surface area contributed by atoms with E-state index in [1.54, 1.807) is 25.7 Å². The maximum absolute atomic E-state index is 12.1. The van der Waals surface area contributed by atoms with Gasteiger partial charge in [-0.15, -0.1) is 0 Å². The minimum absolute atomic E-state index is 0.0988. The van der Waals surface area contributed by atoms with Gasteiger partial charge in [-0.3, -0.25) is 14.9 Å². The average molecular weight is 291 g/mol. The zero-order chi connectivity index (χ0) is 15.8. The minimum Gasteiger partial charge on any atom is -0.370 e. The van der Waals surface area contributed by atoms with Gasteiger partial charge < -0.3 is 10.2 Å². The zero-order valence-corrected chi connectivity index (χ0v) is 13.1. The number of hydrogen-bond acceptors (Lipinski definition) is 6. The third kappa shape index (κ3) is 2.68. The minimum atomic E-state index is -0.844. The molecular formula is C14H21N5O2. The average Bonchev–Trinajstić information content (AvgIpc) is 2.38. The molecule has 1 fully saturated rings. The number of anilines is 2. The summed E-state index contributed by atoms with van der Waals surface area (Å²) in [6.07, 6.45) is 0. The van der Waals surface area contributed by atoms with Gasteiger partial charge in [0.05, 0.1) is 6.54 Å². The maximum atomic E-state index is 12.1. The van der Waals surface area contributed by atoms with E-state index in [1.165, 1.54) is 0 Å². The maximum Gasteiger partial charge on any atom is 0.251 e. The number of piperazine rings is 1. The van der Waals surface area contributed by atoms with Crippen molar-refractivity contribution in [1.82, 2.24) is 15.3 Å². The van der Waals surface area contributed by atoms with Crippen molar-refractivity contribution in [2.75, 3.05) is 23.3 Å². The van der Waals surface area contributed by atoms with E-state index >= 15 is 0 Å². The molecule has 1 aliphatic heterocycles. The quantitative estimate of drug-likeness (QED) is 0.800. The summed E-state index contributed by atoms with van der Waals surface area (Å²) in [6.45, 7) is 10.1. The first-order valence-corrected chi connectivity index (χ1v) is 6.98. The van der Waals surface area contributed by atoms with Crippen molar-refractivity contribution >= 4 is 23.5 Å². The van der Waals surface area contributed by atoms with E-state index in [4.69, 9.17) is 0 Å². The fraction of sp³-hybridized carbons (Fsp3) is 0.571. The Hall–Kier alpha value is -2.18. The van der Waals surface area contributed by atoms with Crippen molar-refractivity contribution < 1.29 is 9.59 Å². The molecule has 1 aromatic rings. The van der Waals surface area contributed by atoms with Crippen molar-refractivity contribution in [1.29, 1.82) is 0 Å². The number of hydrogen-bond donors (Lipinski definition) is 2. The second-order valence-electron chi connectivity index (χ2n) is 5.62. The van der Waals surface area contributed by atoms with Crippen LogP contribution >= 0.6 is 0 Å². The van der Waals surface area contributed by atoms with Crippen LogP contribution in [0.2, 0.25) is 0 Å². The molecule has 2 N–H and O–H groups in total. The van der Waals surface area contributed by atoms with Gasteiger partial charge in [0.1, 0.15) is 23.0 Å². The smallest absolute Gasteiger partial charge is 0.251 e. The fourth-order valence-electron chi connectivity index (χ4n) is 2.34. The Bertz CT molecular complexity index is 597. The molecule has 7 heteroatoms. The van der Waals surface area contributed by atoms with E-state index in [0.29, 0.717) is 11.6 Å². The Morgan fingerprint density at radius 3 is 2.57 bits per heavy atom. The lowest BCUT2D eigenvalue weighted by Crippen LogP contribution is -2.64. The Morgan fingerprint density at radius 1 is 1.29 bits per heavy atom. The number of carbonyl (C=O) groups is 2. The Morgan fingerprint density at radius 2 is 1.95 bits per heavy atom. The number of nitrogens with one attached hydrogen (secondary N) is 2. The van der Waals surface area contributed by atoms with E-state index in [-0.39, 0.29) is 18.4 Å². The van der Waals surface area contributed by atoms with Crippen molar-refractivity contribution in [3.8, 4) is 0 Å². The number of aryl methyl sites for hydroxylation is 1. The normalized spacial score (nSPS) is 17.7. The number of nitrogens with zero attached hydrogens (tertiary/aromatic N) is 3. The van der Waals surface area contributed by atoms with Gasteiger partial charge in [-0.05, 0) is 34.6 Å². The van der Waals surface area contributed by atoms with Gasteiger partial charge in [0.25, 0.3) is 5.91 Å². The summed E-state index contributed by atoms with van der Waals surface area (Å²) in [4.78, 5) is 34.4. The predicted octanol–water partition coefficient (Wildman–Crippen LogP) is 0.767. The van der Waals surface area contributed by atoms with Crippen LogP contribution in [-0.2, 0) is 9.59 Å². The molecule has 0 spiro atoms. The molecule has 2 heterocycles. The molecule has 0 atom stereocenters. The van der Waals surface area contributed by atoms with Crippen LogP contribution in [0.1, 0.15) is 32.2 Å². The van der Waals surface area contributed by atoms with Gasteiger partial charge in [0.2, 0.25) is 5.91 Å². The molecular weight excluding hydrogens is 270 g/mol. The first-order chi connectivity index (χ1) is 9.77. The molecule has 2 rings (SSSR count). The number of carbonyl (C=O) groups excluding carboxylic acids is 2. The Kier molecular flexibility index (Phi) is 3.85. The van der Waals surface area contributed by atoms with E-state index in [9.17, 15) is 9.59 Å². The number of rotatable bonds is 3. The van der Waals surface area contributed by atoms with Crippen LogP contribution in [0, 0.1) is 13.8 Å². The molecule has 7 nitrogen and oxygen atoms in total. The van der Waals surface area contributed by atoms with E-state index in [2.05, 4.69) is 20.6 Å². The van der Waals surface area contributed by atoms with E-state index < -0.39 is 5.54 Å². The molecule has 0 bridgehead atoms.